The highest BCUT2D eigenvalue weighted by atomic mass is 16.5. The third-order valence-corrected chi connectivity index (χ3v) is 3.00. The summed E-state index contributed by atoms with van der Waals surface area (Å²) in [5, 5.41) is 9.68. The minimum Gasteiger partial charge on any atom is -0.356 e. The normalized spacial score (nSPS) is 16.9. The minimum absolute atomic E-state index is 0.122. The molecule has 1 amide bonds. The molecule has 0 saturated carbocycles. The fraction of sp³-hybridized carbons (Fsp3) is 0.727. The Bertz CT molecular complexity index is 333. The van der Waals surface area contributed by atoms with Crippen LogP contribution in [0.25, 0.3) is 0 Å². The molecule has 0 spiro atoms. The third-order valence-electron chi connectivity index (χ3n) is 3.00. The Hall–Kier alpha value is -1.43. The van der Waals surface area contributed by atoms with Gasteiger partial charge in [0, 0.05) is 19.4 Å². The zero-order chi connectivity index (χ0) is 11.9. The van der Waals surface area contributed by atoms with E-state index in [2.05, 4.69) is 20.8 Å². The van der Waals surface area contributed by atoms with Crippen LogP contribution >= 0.6 is 0 Å². The number of amides is 1. The smallest absolute Gasteiger partial charge is 0.228 e. The highest BCUT2D eigenvalue weighted by molar-refractivity contribution is 5.76. The summed E-state index contributed by atoms with van der Waals surface area (Å²) in [5.74, 6) is 1.21. The molecule has 6 nitrogen and oxygen atoms in total. The van der Waals surface area contributed by atoms with Crippen molar-refractivity contribution in [1.82, 2.24) is 20.8 Å². The molecule has 1 aromatic rings. The van der Waals surface area contributed by atoms with Gasteiger partial charge in [0.05, 0.1) is 0 Å². The molecule has 2 N–H and O–H groups in total. The molecule has 0 radical (unpaired) electrons. The number of aromatic nitrogens is 2. The Morgan fingerprint density at radius 1 is 1.53 bits per heavy atom. The summed E-state index contributed by atoms with van der Waals surface area (Å²) in [4.78, 5) is 15.5. The Morgan fingerprint density at radius 3 is 3.06 bits per heavy atom. The van der Waals surface area contributed by atoms with Gasteiger partial charge in [-0.1, -0.05) is 5.16 Å². The summed E-state index contributed by atoms with van der Waals surface area (Å²) in [5.41, 5.74) is 0. The number of piperidine rings is 1. The van der Waals surface area contributed by atoms with Crippen molar-refractivity contribution < 1.29 is 9.32 Å². The molecular formula is C11H18N4O2. The quantitative estimate of drug-likeness (QED) is 0.761. The van der Waals surface area contributed by atoms with Crippen molar-refractivity contribution in [1.29, 1.82) is 0 Å². The van der Waals surface area contributed by atoms with Crippen molar-refractivity contribution in [3.05, 3.63) is 12.2 Å². The lowest BCUT2D eigenvalue weighted by molar-refractivity contribution is -0.122. The lowest BCUT2D eigenvalue weighted by Gasteiger charge is -2.21. The summed E-state index contributed by atoms with van der Waals surface area (Å²) in [6.45, 7) is 2.62. The van der Waals surface area contributed by atoms with Gasteiger partial charge in [-0.2, -0.15) is 4.98 Å². The largest absolute Gasteiger partial charge is 0.356 e. The van der Waals surface area contributed by atoms with Crippen molar-refractivity contribution in [2.24, 2.45) is 5.92 Å². The molecule has 1 aromatic heterocycles. The molecule has 1 aliphatic rings. The second kappa shape index (κ2) is 6.34. The van der Waals surface area contributed by atoms with Crippen LogP contribution in [0.1, 0.15) is 25.2 Å². The van der Waals surface area contributed by atoms with Gasteiger partial charge < -0.3 is 15.2 Å². The number of hydrogen-bond acceptors (Lipinski definition) is 5. The predicted octanol–water partition coefficient (Wildman–Crippen LogP) is 0.118. The number of rotatable bonds is 5. The van der Waals surface area contributed by atoms with Crippen molar-refractivity contribution in [3.63, 3.8) is 0 Å². The van der Waals surface area contributed by atoms with Gasteiger partial charge in [0.25, 0.3) is 0 Å². The maximum absolute atomic E-state index is 11.6. The fourth-order valence-electron chi connectivity index (χ4n) is 2.04. The van der Waals surface area contributed by atoms with Crippen LogP contribution in [0, 0.1) is 5.92 Å². The monoisotopic (exact) mass is 238 g/mol. The van der Waals surface area contributed by atoms with E-state index < -0.39 is 0 Å². The van der Waals surface area contributed by atoms with Crippen molar-refractivity contribution in [3.8, 4) is 0 Å². The van der Waals surface area contributed by atoms with E-state index in [9.17, 15) is 4.79 Å². The SMILES string of the molecule is O=C(CC1CCNCC1)NCCc1ncno1. The molecule has 17 heavy (non-hydrogen) atoms. The van der Waals surface area contributed by atoms with E-state index in [0.29, 0.717) is 31.2 Å². The molecule has 0 unspecified atom stereocenters. The molecule has 1 saturated heterocycles. The molecule has 94 valence electrons. The average Bonchev–Trinajstić information content (AvgIpc) is 2.83. The number of carbonyl (C=O) groups excluding carboxylic acids is 1. The minimum atomic E-state index is 0.122. The first-order valence-electron chi connectivity index (χ1n) is 6.07. The molecule has 0 aromatic carbocycles. The highest BCUT2D eigenvalue weighted by Gasteiger charge is 2.16. The van der Waals surface area contributed by atoms with Gasteiger partial charge >= 0.3 is 0 Å². The lowest BCUT2D eigenvalue weighted by Crippen LogP contribution is -2.33. The second-order valence-corrected chi connectivity index (χ2v) is 4.33. The Kier molecular flexibility index (Phi) is 4.49. The van der Waals surface area contributed by atoms with Crippen LogP contribution in [-0.2, 0) is 11.2 Å². The number of hydrogen-bond donors (Lipinski definition) is 2. The van der Waals surface area contributed by atoms with Gasteiger partial charge in [0.1, 0.15) is 0 Å². The van der Waals surface area contributed by atoms with Gasteiger partial charge in [-0.15, -0.1) is 0 Å². The first-order chi connectivity index (χ1) is 8.34. The topological polar surface area (TPSA) is 80.0 Å². The summed E-state index contributed by atoms with van der Waals surface area (Å²) in [6.07, 6.45) is 4.78. The number of carbonyl (C=O) groups is 1. The summed E-state index contributed by atoms with van der Waals surface area (Å²) in [6, 6.07) is 0. The standard InChI is InChI=1S/C11H18N4O2/c16-10(7-9-1-4-12-5-2-9)13-6-3-11-14-8-15-17-11/h8-9,12H,1-7H2,(H,13,16). The molecule has 6 heteroatoms. The second-order valence-electron chi connectivity index (χ2n) is 4.33. The van der Waals surface area contributed by atoms with Gasteiger partial charge in [0.15, 0.2) is 6.33 Å². The molecular weight excluding hydrogens is 220 g/mol. The predicted molar refractivity (Wildman–Crippen MR) is 61.2 cm³/mol. The Morgan fingerprint density at radius 2 is 2.35 bits per heavy atom. The molecule has 1 fully saturated rings. The zero-order valence-electron chi connectivity index (χ0n) is 9.82. The Balaban J connectivity index is 1.60. The van der Waals surface area contributed by atoms with Crippen molar-refractivity contribution in [2.75, 3.05) is 19.6 Å². The Labute approximate surface area is 100 Å². The maximum atomic E-state index is 11.6. The summed E-state index contributed by atoms with van der Waals surface area (Å²) < 4.78 is 4.84. The first kappa shape index (κ1) is 12.0. The van der Waals surface area contributed by atoms with E-state index in [0.717, 1.165) is 25.9 Å². The van der Waals surface area contributed by atoms with E-state index in [1.165, 1.54) is 6.33 Å². The maximum Gasteiger partial charge on any atom is 0.228 e. The van der Waals surface area contributed by atoms with E-state index in [4.69, 9.17) is 4.52 Å². The van der Waals surface area contributed by atoms with Crippen LogP contribution in [0.15, 0.2) is 10.9 Å². The molecule has 2 heterocycles. The zero-order valence-corrected chi connectivity index (χ0v) is 9.82. The van der Waals surface area contributed by atoms with Crippen LogP contribution in [0.4, 0.5) is 0 Å². The van der Waals surface area contributed by atoms with Crippen LogP contribution in [-0.4, -0.2) is 35.7 Å². The average molecular weight is 238 g/mol. The van der Waals surface area contributed by atoms with E-state index >= 15 is 0 Å². The molecule has 0 atom stereocenters. The van der Waals surface area contributed by atoms with E-state index in [1.54, 1.807) is 0 Å². The molecule has 1 aliphatic heterocycles. The third kappa shape index (κ3) is 4.14. The first-order valence-corrected chi connectivity index (χ1v) is 6.07. The van der Waals surface area contributed by atoms with Gasteiger partial charge in [0.2, 0.25) is 11.8 Å². The molecule has 0 aliphatic carbocycles. The van der Waals surface area contributed by atoms with Crippen LogP contribution in [0.3, 0.4) is 0 Å². The van der Waals surface area contributed by atoms with Gasteiger partial charge in [-0.3, -0.25) is 4.79 Å². The van der Waals surface area contributed by atoms with E-state index in [1.807, 2.05) is 0 Å². The molecule has 2 rings (SSSR count). The summed E-state index contributed by atoms with van der Waals surface area (Å²) in [7, 11) is 0. The lowest BCUT2D eigenvalue weighted by atomic mass is 9.94. The fourth-order valence-corrected chi connectivity index (χ4v) is 2.04. The number of nitrogens with zero attached hydrogens (tertiary/aromatic N) is 2. The summed E-state index contributed by atoms with van der Waals surface area (Å²) >= 11 is 0. The molecule has 0 bridgehead atoms. The van der Waals surface area contributed by atoms with Crippen LogP contribution < -0.4 is 10.6 Å². The van der Waals surface area contributed by atoms with Crippen molar-refractivity contribution >= 4 is 5.91 Å². The van der Waals surface area contributed by atoms with Crippen LogP contribution in [0.5, 0.6) is 0 Å². The van der Waals surface area contributed by atoms with Crippen LogP contribution in [0.2, 0.25) is 0 Å². The van der Waals surface area contributed by atoms with E-state index in [-0.39, 0.29) is 5.91 Å². The number of nitrogens with one attached hydrogen (secondary N) is 2. The van der Waals surface area contributed by atoms with Gasteiger partial charge in [-0.05, 0) is 31.8 Å². The van der Waals surface area contributed by atoms with Gasteiger partial charge in [-0.25, -0.2) is 0 Å². The van der Waals surface area contributed by atoms with Crippen molar-refractivity contribution in [2.45, 2.75) is 25.7 Å². The highest BCUT2D eigenvalue weighted by Crippen LogP contribution is 2.15.